The van der Waals surface area contributed by atoms with Crippen LogP contribution in [0.3, 0.4) is 0 Å². The van der Waals surface area contributed by atoms with Gasteiger partial charge in [-0.3, -0.25) is 9.59 Å². The maximum Gasteiger partial charge on any atom is 0.251 e. The number of nitrogens with one attached hydrogen (secondary N) is 2. The lowest BCUT2D eigenvalue weighted by atomic mass is 10.1. The van der Waals surface area contributed by atoms with Crippen LogP contribution in [0, 0.1) is 0 Å². The minimum atomic E-state index is -0.321. The fraction of sp³-hybridized carbons (Fsp3) is 0.190. The van der Waals surface area contributed by atoms with Gasteiger partial charge in [0.1, 0.15) is 18.9 Å². The van der Waals surface area contributed by atoms with Gasteiger partial charge in [0.2, 0.25) is 5.91 Å². The zero-order chi connectivity index (χ0) is 20.1. The SMILES string of the molecule is O=C(CNC(=O)c1ccccc1)NCc1cc(-c2ccc3c(c2)OCCO3)on1. The first-order chi connectivity index (χ1) is 14.2. The molecule has 2 aromatic carbocycles. The van der Waals surface area contributed by atoms with Gasteiger partial charge in [-0.1, -0.05) is 23.4 Å². The van der Waals surface area contributed by atoms with E-state index in [9.17, 15) is 9.59 Å². The van der Waals surface area contributed by atoms with Gasteiger partial charge in [-0.25, -0.2) is 0 Å². The minimum absolute atomic E-state index is 0.124. The molecule has 2 heterocycles. The molecule has 29 heavy (non-hydrogen) atoms. The molecule has 0 saturated carbocycles. The van der Waals surface area contributed by atoms with Gasteiger partial charge in [-0.05, 0) is 30.3 Å². The van der Waals surface area contributed by atoms with E-state index in [0.29, 0.717) is 41.7 Å². The lowest BCUT2D eigenvalue weighted by Crippen LogP contribution is -2.36. The summed E-state index contributed by atoms with van der Waals surface area (Å²) in [6.45, 7) is 1.10. The van der Waals surface area contributed by atoms with Crippen LogP contribution in [0.4, 0.5) is 0 Å². The Hall–Kier alpha value is -3.81. The lowest BCUT2D eigenvalue weighted by molar-refractivity contribution is -0.120. The van der Waals surface area contributed by atoms with E-state index in [1.807, 2.05) is 24.3 Å². The van der Waals surface area contributed by atoms with Gasteiger partial charge in [0.15, 0.2) is 17.3 Å². The van der Waals surface area contributed by atoms with E-state index in [0.717, 1.165) is 5.56 Å². The van der Waals surface area contributed by atoms with E-state index >= 15 is 0 Å². The summed E-state index contributed by atoms with van der Waals surface area (Å²) in [5, 5.41) is 9.24. The maximum atomic E-state index is 12.0. The summed E-state index contributed by atoms with van der Waals surface area (Å²) in [6.07, 6.45) is 0. The number of aromatic nitrogens is 1. The van der Waals surface area contributed by atoms with E-state index < -0.39 is 0 Å². The Kier molecular flexibility index (Phi) is 5.42. The molecule has 0 unspecified atom stereocenters. The maximum absolute atomic E-state index is 12.0. The first kappa shape index (κ1) is 18.5. The average molecular weight is 393 g/mol. The third-order valence-electron chi connectivity index (χ3n) is 4.30. The molecule has 0 spiro atoms. The number of carbonyl (C=O) groups is 2. The summed E-state index contributed by atoms with van der Waals surface area (Å²) < 4.78 is 16.4. The summed E-state index contributed by atoms with van der Waals surface area (Å²) in [5.74, 6) is 1.29. The summed E-state index contributed by atoms with van der Waals surface area (Å²) in [7, 11) is 0. The highest BCUT2D eigenvalue weighted by atomic mass is 16.6. The smallest absolute Gasteiger partial charge is 0.251 e. The molecule has 0 bridgehead atoms. The molecule has 2 amide bonds. The third-order valence-corrected chi connectivity index (χ3v) is 4.30. The number of hydrogen-bond donors (Lipinski definition) is 2. The standard InChI is InChI=1S/C21H19N3O5/c25-20(13-23-21(26)14-4-2-1-3-5-14)22-12-16-11-18(29-24-16)15-6-7-17-19(10-15)28-9-8-27-17/h1-7,10-11H,8-9,12-13H2,(H,22,25)(H,23,26). The molecule has 0 atom stereocenters. The van der Waals surface area contributed by atoms with Crippen molar-refractivity contribution in [3.8, 4) is 22.8 Å². The van der Waals surface area contributed by atoms with Crippen molar-refractivity contribution in [2.45, 2.75) is 6.54 Å². The van der Waals surface area contributed by atoms with E-state index in [1.54, 1.807) is 30.3 Å². The monoisotopic (exact) mass is 393 g/mol. The number of amides is 2. The highest BCUT2D eigenvalue weighted by molar-refractivity contribution is 5.96. The summed E-state index contributed by atoms with van der Waals surface area (Å²) in [5.41, 5.74) is 1.87. The van der Waals surface area contributed by atoms with Gasteiger partial charge in [0, 0.05) is 17.2 Å². The Morgan fingerprint density at radius 2 is 1.72 bits per heavy atom. The number of fused-ring (bicyclic) bond motifs is 1. The number of benzene rings is 2. The topological polar surface area (TPSA) is 103 Å². The molecule has 8 nitrogen and oxygen atoms in total. The zero-order valence-corrected chi connectivity index (χ0v) is 15.5. The van der Waals surface area contributed by atoms with E-state index in [2.05, 4.69) is 15.8 Å². The van der Waals surface area contributed by atoms with Crippen LogP contribution in [0.2, 0.25) is 0 Å². The summed E-state index contributed by atoms with van der Waals surface area (Å²) in [6, 6.07) is 16.0. The van der Waals surface area contributed by atoms with Crippen LogP contribution in [0.15, 0.2) is 59.1 Å². The summed E-state index contributed by atoms with van der Waals surface area (Å²) >= 11 is 0. The predicted octanol–water partition coefficient (Wildman–Crippen LogP) is 2.16. The van der Waals surface area contributed by atoms with Crippen LogP contribution < -0.4 is 20.1 Å². The van der Waals surface area contributed by atoms with Crippen LogP contribution >= 0.6 is 0 Å². The largest absolute Gasteiger partial charge is 0.486 e. The molecule has 0 fully saturated rings. The molecule has 0 saturated heterocycles. The second-order valence-corrected chi connectivity index (χ2v) is 6.37. The van der Waals surface area contributed by atoms with Crippen LogP contribution in [0.1, 0.15) is 16.1 Å². The van der Waals surface area contributed by atoms with Crippen molar-refractivity contribution in [2.24, 2.45) is 0 Å². The number of ether oxygens (including phenoxy) is 2. The molecule has 1 aliphatic heterocycles. The Morgan fingerprint density at radius 1 is 0.931 bits per heavy atom. The van der Waals surface area contributed by atoms with Gasteiger partial charge in [-0.2, -0.15) is 0 Å². The molecular weight excluding hydrogens is 374 g/mol. The van der Waals surface area contributed by atoms with Crippen LogP contribution in [0.25, 0.3) is 11.3 Å². The third kappa shape index (κ3) is 4.55. The minimum Gasteiger partial charge on any atom is -0.486 e. The van der Waals surface area contributed by atoms with Gasteiger partial charge in [-0.15, -0.1) is 0 Å². The lowest BCUT2D eigenvalue weighted by Gasteiger charge is -2.18. The molecule has 1 aliphatic rings. The van der Waals surface area contributed by atoms with E-state index in [4.69, 9.17) is 14.0 Å². The van der Waals surface area contributed by atoms with Crippen LogP contribution in [-0.2, 0) is 11.3 Å². The highest BCUT2D eigenvalue weighted by Crippen LogP contribution is 2.34. The van der Waals surface area contributed by atoms with Crippen molar-refractivity contribution in [2.75, 3.05) is 19.8 Å². The second-order valence-electron chi connectivity index (χ2n) is 6.37. The second kappa shape index (κ2) is 8.47. The fourth-order valence-electron chi connectivity index (χ4n) is 2.83. The quantitative estimate of drug-likeness (QED) is 0.665. The van der Waals surface area contributed by atoms with Crippen molar-refractivity contribution in [3.63, 3.8) is 0 Å². The first-order valence-electron chi connectivity index (χ1n) is 9.14. The number of nitrogens with zero attached hydrogens (tertiary/aromatic N) is 1. The van der Waals surface area contributed by atoms with Crippen LogP contribution in [0.5, 0.6) is 11.5 Å². The molecule has 1 aromatic heterocycles. The zero-order valence-electron chi connectivity index (χ0n) is 15.5. The van der Waals surface area contributed by atoms with Crippen molar-refractivity contribution in [3.05, 3.63) is 65.9 Å². The van der Waals surface area contributed by atoms with Gasteiger partial charge in [0.05, 0.1) is 13.1 Å². The number of rotatable bonds is 6. The Bertz CT molecular complexity index is 1020. The van der Waals surface area contributed by atoms with E-state index in [-0.39, 0.29) is 24.9 Å². The van der Waals surface area contributed by atoms with Gasteiger partial charge in [0.25, 0.3) is 5.91 Å². The first-order valence-corrected chi connectivity index (χ1v) is 9.14. The molecule has 0 radical (unpaired) electrons. The van der Waals surface area contributed by atoms with Crippen LogP contribution in [-0.4, -0.2) is 36.7 Å². The Labute approximate surface area is 166 Å². The van der Waals surface area contributed by atoms with Crippen molar-refractivity contribution in [1.82, 2.24) is 15.8 Å². The van der Waals surface area contributed by atoms with Gasteiger partial charge < -0.3 is 24.6 Å². The average Bonchev–Trinajstić information content (AvgIpc) is 3.25. The normalized spacial score (nSPS) is 12.3. The molecule has 148 valence electrons. The van der Waals surface area contributed by atoms with Crippen molar-refractivity contribution < 1.29 is 23.6 Å². The van der Waals surface area contributed by atoms with Crippen molar-refractivity contribution in [1.29, 1.82) is 0 Å². The number of carbonyl (C=O) groups excluding carboxylic acids is 2. The highest BCUT2D eigenvalue weighted by Gasteiger charge is 2.15. The Balaban J connectivity index is 1.29. The summed E-state index contributed by atoms with van der Waals surface area (Å²) in [4.78, 5) is 23.9. The molecule has 3 aromatic rings. The predicted molar refractivity (Wildman–Crippen MR) is 104 cm³/mol. The molecular formula is C21H19N3O5. The Morgan fingerprint density at radius 3 is 2.55 bits per heavy atom. The molecule has 8 heteroatoms. The van der Waals surface area contributed by atoms with Gasteiger partial charge >= 0.3 is 0 Å². The molecule has 4 rings (SSSR count). The number of hydrogen-bond acceptors (Lipinski definition) is 6. The van der Waals surface area contributed by atoms with Crippen molar-refractivity contribution >= 4 is 11.8 Å². The van der Waals surface area contributed by atoms with E-state index in [1.165, 1.54) is 0 Å². The fourth-order valence-corrected chi connectivity index (χ4v) is 2.83. The molecule has 0 aliphatic carbocycles. The molecule has 2 N–H and O–H groups in total.